The molecule has 2 fully saturated rings. The molecule has 0 aromatic heterocycles. The molecule has 1 amide bonds. The first kappa shape index (κ1) is 22.3. The third kappa shape index (κ3) is 5.30. The highest BCUT2D eigenvalue weighted by Gasteiger charge is 2.30. The topological polar surface area (TPSA) is 44.4 Å². The summed E-state index contributed by atoms with van der Waals surface area (Å²) >= 11 is 13.1. The number of carbonyl (C=O) groups is 1. The Morgan fingerprint density at radius 3 is 2.45 bits per heavy atom. The molecule has 0 aliphatic carbocycles. The average Bonchev–Trinajstić information content (AvgIpc) is 2.72. The molecule has 4 rings (SSSR count). The molecule has 166 valence electrons. The van der Waals surface area contributed by atoms with Crippen LogP contribution in [0.3, 0.4) is 0 Å². The van der Waals surface area contributed by atoms with Gasteiger partial charge < -0.3 is 15.5 Å². The lowest BCUT2D eigenvalue weighted by Gasteiger charge is -2.34. The van der Waals surface area contributed by atoms with Crippen LogP contribution in [0, 0.1) is 17.6 Å². The molecule has 0 spiro atoms. The molecule has 2 aromatic rings. The summed E-state index contributed by atoms with van der Waals surface area (Å²) in [6.45, 7) is 2.32. The number of hydrogen-bond acceptors (Lipinski definition) is 3. The number of anilines is 2. The molecule has 2 aromatic carbocycles. The second-order valence-corrected chi connectivity index (χ2v) is 9.12. The minimum absolute atomic E-state index is 0.0253. The van der Waals surface area contributed by atoms with E-state index in [-0.39, 0.29) is 11.8 Å². The van der Waals surface area contributed by atoms with Gasteiger partial charge in [-0.2, -0.15) is 0 Å². The zero-order valence-corrected chi connectivity index (χ0v) is 18.6. The van der Waals surface area contributed by atoms with Crippen LogP contribution in [0.5, 0.6) is 0 Å². The second kappa shape index (κ2) is 9.72. The fourth-order valence-electron chi connectivity index (χ4n) is 4.40. The number of amides is 1. The van der Waals surface area contributed by atoms with Crippen molar-refractivity contribution >= 4 is 40.5 Å². The summed E-state index contributed by atoms with van der Waals surface area (Å²) in [5.74, 6) is -1.19. The monoisotopic (exact) mass is 467 g/mol. The molecule has 31 heavy (non-hydrogen) atoms. The molecule has 0 bridgehead atoms. The van der Waals surface area contributed by atoms with Crippen molar-refractivity contribution < 1.29 is 13.6 Å². The van der Waals surface area contributed by atoms with Crippen LogP contribution < -0.4 is 15.5 Å². The zero-order valence-electron chi connectivity index (χ0n) is 17.1. The molecule has 4 nitrogen and oxygen atoms in total. The summed E-state index contributed by atoms with van der Waals surface area (Å²) in [6, 6.07) is 7.58. The molecule has 1 atom stereocenters. The summed E-state index contributed by atoms with van der Waals surface area (Å²) in [4.78, 5) is 14.3. The predicted molar refractivity (Wildman–Crippen MR) is 121 cm³/mol. The molecule has 8 heteroatoms. The molecule has 2 aliphatic rings. The Hall–Kier alpha value is -1.89. The Bertz CT molecular complexity index is 943. The first-order chi connectivity index (χ1) is 14.9. The van der Waals surface area contributed by atoms with E-state index in [0.29, 0.717) is 53.1 Å². The minimum atomic E-state index is -0.599. The van der Waals surface area contributed by atoms with Gasteiger partial charge in [-0.15, -0.1) is 0 Å². The standard InChI is InChI=1S/C23H25Cl2F2N3O/c24-19-11-18(29-17-5-7-28-8-6-17)12-20(25)23(19)30-13-14(1-4-22(30)31)9-15-2-3-16(26)10-21(15)27/h2-3,10-12,14,17,28-29H,1,4-9,13H2. The number of hydrogen-bond donors (Lipinski definition) is 2. The van der Waals surface area contributed by atoms with E-state index >= 15 is 0 Å². The number of piperidine rings is 2. The number of halogens is 4. The van der Waals surface area contributed by atoms with Crippen molar-refractivity contribution in [1.82, 2.24) is 5.32 Å². The highest BCUT2D eigenvalue weighted by Crippen LogP contribution is 2.40. The normalized spacial score (nSPS) is 20.2. The molecule has 2 heterocycles. The van der Waals surface area contributed by atoms with Gasteiger partial charge in [0.2, 0.25) is 5.91 Å². The third-order valence-corrected chi connectivity index (χ3v) is 6.60. The van der Waals surface area contributed by atoms with Gasteiger partial charge in [0.1, 0.15) is 11.6 Å². The third-order valence-electron chi connectivity index (χ3n) is 6.03. The van der Waals surface area contributed by atoms with E-state index in [1.54, 1.807) is 17.0 Å². The van der Waals surface area contributed by atoms with Crippen LogP contribution in [0.4, 0.5) is 20.2 Å². The Balaban J connectivity index is 1.50. The van der Waals surface area contributed by atoms with Crippen LogP contribution in [0.2, 0.25) is 10.0 Å². The van der Waals surface area contributed by atoms with E-state index in [1.807, 2.05) is 0 Å². The predicted octanol–water partition coefficient (Wildman–Crippen LogP) is 5.42. The highest BCUT2D eigenvalue weighted by atomic mass is 35.5. The lowest BCUT2D eigenvalue weighted by atomic mass is 9.90. The van der Waals surface area contributed by atoms with Gasteiger partial charge in [0.25, 0.3) is 0 Å². The van der Waals surface area contributed by atoms with Crippen LogP contribution in [-0.4, -0.2) is 31.6 Å². The minimum Gasteiger partial charge on any atom is -0.382 e. The van der Waals surface area contributed by atoms with Gasteiger partial charge in [0, 0.05) is 30.8 Å². The SMILES string of the molecule is O=C1CCC(Cc2ccc(F)cc2F)CN1c1c(Cl)cc(NC2CCNCC2)cc1Cl. The number of nitrogens with one attached hydrogen (secondary N) is 2. The Kier molecular flexibility index (Phi) is 6.99. The first-order valence-electron chi connectivity index (χ1n) is 10.6. The number of carbonyl (C=O) groups excluding carboxylic acids is 1. The Morgan fingerprint density at radius 1 is 1.06 bits per heavy atom. The number of rotatable bonds is 5. The molecular formula is C23H25Cl2F2N3O. The Labute approximate surface area is 190 Å². The van der Waals surface area contributed by atoms with Crippen molar-refractivity contribution in [1.29, 1.82) is 0 Å². The van der Waals surface area contributed by atoms with Crippen molar-refractivity contribution in [3.63, 3.8) is 0 Å². The van der Waals surface area contributed by atoms with E-state index in [0.717, 1.165) is 37.7 Å². The second-order valence-electron chi connectivity index (χ2n) is 8.31. The van der Waals surface area contributed by atoms with E-state index in [4.69, 9.17) is 23.2 Å². The zero-order chi connectivity index (χ0) is 22.0. The van der Waals surface area contributed by atoms with Gasteiger partial charge in [-0.25, -0.2) is 8.78 Å². The molecule has 0 radical (unpaired) electrons. The summed E-state index contributed by atoms with van der Waals surface area (Å²) in [5, 5.41) is 7.62. The molecule has 2 N–H and O–H groups in total. The van der Waals surface area contributed by atoms with Crippen molar-refractivity contribution in [2.24, 2.45) is 5.92 Å². The largest absolute Gasteiger partial charge is 0.382 e. The summed E-state index contributed by atoms with van der Waals surface area (Å²) in [6.07, 6.45) is 3.42. The van der Waals surface area contributed by atoms with E-state index in [1.165, 1.54) is 12.1 Å². The molecule has 2 aliphatic heterocycles. The molecule has 0 saturated carbocycles. The van der Waals surface area contributed by atoms with Crippen LogP contribution in [0.15, 0.2) is 30.3 Å². The van der Waals surface area contributed by atoms with Gasteiger partial charge in [0.05, 0.1) is 15.7 Å². The molecular weight excluding hydrogens is 443 g/mol. The van der Waals surface area contributed by atoms with Crippen molar-refractivity contribution in [3.05, 3.63) is 57.6 Å². The number of nitrogens with zero attached hydrogens (tertiary/aromatic N) is 1. The van der Waals surface area contributed by atoms with Crippen molar-refractivity contribution in [2.75, 3.05) is 29.9 Å². The van der Waals surface area contributed by atoms with Gasteiger partial charge >= 0.3 is 0 Å². The first-order valence-corrected chi connectivity index (χ1v) is 11.4. The summed E-state index contributed by atoms with van der Waals surface area (Å²) in [7, 11) is 0. The summed E-state index contributed by atoms with van der Waals surface area (Å²) < 4.78 is 27.3. The van der Waals surface area contributed by atoms with Gasteiger partial charge in [0.15, 0.2) is 0 Å². The van der Waals surface area contributed by atoms with Crippen LogP contribution in [0.25, 0.3) is 0 Å². The quantitative estimate of drug-likeness (QED) is 0.616. The van der Waals surface area contributed by atoms with Crippen molar-refractivity contribution in [3.8, 4) is 0 Å². The van der Waals surface area contributed by atoms with Crippen LogP contribution >= 0.6 is 23.2 Å². The van der Waals surface area contributed by atoms with E-state index in [2.05, 4.69) is 10.6 Å². The maximum Gasteiger partial charge on any atom is 0.227 e. The molecule has 1 unspecified atom stereocenters. The summed E-state index contributed by atoms with van der Waals surface area (Å²) in [5.41, 5.74) is 1.77. The van der Waals surface area contributed by atoms with E-state index < -0.39 is 11.6 Å². The average molecular weight is 468 g/mol. The fourth-order valence-corrected chi connectivity index (χ4v) is 5.09. The maximum atomic E-state index is 14.1. The van der Waals surface area contributed by atoms with E-state index in [9.17, 15) is 13.6 Å². The van der Waals surface area contributed by atoms with Crippen molar-refractivity contribution in [2.45, 2.75) is 38.1 Å². The lowest BCUT2D eigenvalue weighted by Crippen LogP contribution is -2.41. The van der Waals surface area contributed by atoms with Gasteiger partial charge in [-0.3, -0.25) is 4.79 Å². The number of benzene rings is 2. The Morgan fingerprint density at radius 2 is 1.77 bits per heavy atom. The van der Waals surface area contributed by atoms with Gasteiger partial charge in [-0.1, -0.05) is 29.3 Å². The fraction of sp³-hybridized carbons (Fsp3) is 0.435. The van der Waals surface area contributed by atoms with Crippen LogP contribution in [-0.2, 0) is 11.2 Å². The maximum absolute atomic E-state index is 14.1. The highest BCUT2D eigenvalue weighted by molar-refractivity contribution is 6.40. The molecule has 2 saturated heterocycles. The van der Waals surface area contributed by atoms with Crippen LogP contribution in [0.1, 0.15) is 31.2 Å². The smallest absolute Gasteiger partial charge is 0.227 e. The van der Waals surface area contributed by atoms with Gasteiger partial charge in [-0.05, 0) is 68.5 Å². The lowest BCUT2D eigenvalue weighted by molar-refractivity contribution is -0.120.